The van der Waals surface area contributed by atoms with E-state index in [1.165, 1.54) is 22.6 Å². The number of thioether (sulfide) groups is 2. The molecule has 1 atom stereocenters. The molecule has 1 aliphatic heterocycles. The van der Waals surface area contributed by atoms with Crippen molar-refractivity contribution >= 4 is 34.6 Å². The zero-order valence-electron chi connectivity index (χ0n) is 10.7. The summed E-state index contributed by atoms with van der Waals surface area (Å²) in [6.45, 7) is 0. The normalized spacial score (nSPS) is 18.1. The average molecular weight is 299 g/mol. The first-order valence-electron chi connectivity index (χ1n) is 6.58. The molecule has 3 nitrogen and oxygen atoms in total. The Morgan fingerprint density at radius 2 is 2.15 bits per heavy atom. The van der Waals surface area contributed by atoms with Gasteiger partial charge in [-0.1, -0.05) is 30.0 Å². The average Bonchev–Trinajstić information content (AvgIpc) is 2.97. The lowest BCUT2D eigenvalue weighted by Gasteiger charge is -2.24. The van der Waals surface area contributed by atoms with E-state index in [1.807, 2.05) is 29.7 Å². The number of aromatic nitrogens is 3. The highest BCUT2D eigenvalue weighted by Gasteiger charge is 2.22. The van der Waals surface area contributed by atoms with Gasteiger partial charge in [-0.3, -0.25) is 0 Å². The molecule has 1 aliphatic rings. The molecule has 1 aromatic carbocycles. The Balaban J connectivity index is 1.72. The summed E-state index contributed by atoms with van der Waals surface area (Å²) in [4.78, 5) is 13.3. The number of H-pyrrole nitrogens is 1. The summed E-state index contributed by atoms with van der Waals surface area (Å²) in [7, 11) is 0. The number of aromatic amines is 1. The van der Waals surface area contributed by atoms with Crippen molar-refractivity contribution in [2.75, 3.05) is 5.75 Å². The number of hydrogen-bond donors (Lipinski definition) is 1. The lowest BCUT2D eigenvalue weighted by Crippen LogP contribution is -2.04. The van der Waals surface area contributed by atoms with Crippen molar-refractivity contribution in [3.63, 3.8) is 0 Å². The minimum absolute atomic E-state index is 0.487. The van der Waals surface area contributed by atoms with Crippen LogP contribution in [-0.4, -0.2) is 20.7 Å². The molecule has 1 unspecified atom stereocenters. The summed E-state index contributed by atoms with van der Waals surface area (Å²) in [6.07, 6.45) is 4.75. The van der Waals surface area contributed by atoms with Crippen molar-refractivity contribution in [3.8, 4) is 0 Å². The molecule has 0 saturated heterocycles. The van der Waals surface area contributed by atoms with Gasteiger partial charge in [-0.25, -0.2) is 9.97 Å². The molecule has 100 valence electrons. The summed E-state index contributed by atoms with van der Waals surface area (Å²) in [5.41, 5.74) is 2.36. The molecule has 0 bridgehead atoms. The van der Waals surface area contributed by atoms with Gasteiger partial charge in [0.05, 0.1) is 5.39 Å². The van der Waals surface area contributed by atoms with Gasteiger partial charge in [0.1, 0.15) is 17.0 Å². The number of fused-ring (bicyclic) bond motifs is 2. The maximum Gasteiger partial charge on any atom is 0.141 e. The van der Waals surface area contributed by atoms with Crippen molar-refractivity contribution in [3.05, 3.63) is 48.4 Å². The summed E-state index contributed by atoms with van der Waals surface area (Å²) in [5.74, 6) is 1.18. The smallest absolute Gasteiger partial charge is 0.141 e. The van der Waals surface area contributed by atoms with E-state index in [2.05, 4.69) is 45.3 Å². The van der Waals surface area contributed by atoms with Crippen LogP contribution < -0.4 is 0 Å². The van der Waals surface area contributed by atoms with Crippen LogP contribution in [0.5, 0.6) is 0 Å². The Hall–Kier alpha value is -1.46. The molecule has 0 radical (unpaired) electrons. The van der Waals surface area contributed by atoms with Crippen LogP contribution in [0.1, 0.15) is 17.2 Å². The van der Waals surface area contributed by atoms with Crippen LogP contribution in [0.2, 0.25) is 0 Å². The maximum atomic E-state index is 4.47. The van der Waals surface area contributed by atoms with E-state index in [9.17, 15) is 0 Å². The number of nitrogens with zero attached hydrogens (tertiary/aromatic N) is 2. The van der Waals surface area contributed by atoms with E-state index < -0.39 is 0 Å². The van der Waals surface area contributed by atoms with Crippen LogP contribution in [0.25, 0.3) is 11.0 Å². The third kappa shape index (κ3) is 2.11. The Morgan fingerprint density at radius 3 is 3.15 bits per heavy atom. The fourth-order valence-corrected chi connectivity index (χ4v) is 5.10. The molecule has 0 fully saturated rings. The molecular formula is C15H13N3S2. The highest BCUT2D eigenvalue weighted by Crippen LogP contribution is 2.46. The molecule has 2 aromatic heterocycles. The molecule has 1 N–H and O–H groups in total. The molecule has 0 saturated carbocycles. The molecular weight excluding hydrogens is 286 g/mol. The zero-order chi connectivity index (χ0) is 13.4. The van der Waals surface area contributed by atoms with E-state index in [0.29, 0.717) is 5.25 Å². The monoisotopic (exact) mass is 299 g/mol. The van der Waals surface area contributed by atoms with Crippen molar-refractivity contribution in [1.29, 1.82) is 0 Å². The van der Waals surface area contributed by atoms with E-state index in [-0.39, 0.29) is 0 Å². The maximum absolute atomic E-state index is 4.47. The van der Waals surface area contributed by atoms with Crippen molar-refractivity contribution in [1.82, 2.24) is 15.0 Å². The first kappa shape index (κ1) is 12.3. The molecule has 0 amide bonds. The quantitative estimate of drug-likeness (QED) is 0.717. The van der Waals surface area contributed by atoms with Crippen LogP contribution in [0.4, 0.5) is 0 Å². The fraction of sp³-hybridized carbons (Fsp3) is 0.200. The van der Waals surface area contributed by atoms with Gasteiger partial charge in [-0.15, -0.1) is 11.8 Å². The minimum atomic E-state index is 0.487. The van der Waals surface area contributed by atoms with E-state index in [0.717, 1.165) is 16.1 Å². The lowest BCUT2D eigenvalue weighted by molar-refractivity contribution is 0.862. The SMILES string of the molecule is c1ccc2c(c1)SCCC2Sc1ncnc2[nH]ccc12. The number of rotatable bonds is 2. The summed E-state index contributed by atoms with van der Waals surface area (Å²) >= 11 is 3.81. The Kier molecular flexibility index (Phi) is 3.16. The number of nitrogens with one attached hydrogen (secondary N) is 1. The second-order valence-corrected chi connectivity index (χ2v) is 7.03. The number of benzene rings is 1. The van der Waals surface area contributed by atoms with E-state index in [1.54, 1.807) is 6.33 Å². The standard InChI is InChI=1S/C15H13N3S2/c1-2-4-12-10(3-1)13(6-8-19-12)20-15-11-5-7-16-14(11)17-9-18-15/h1-5,7,9,13H,6,8H2,(H,16,17,18). The molecule has 0 spiro atoms. The predicted molar refractivity (Wildman–Crippen MR) is 84.3 cm³/mol. The Morgan fingerprint density at radius 1 is 1.20 bits per heavy atom. The van der Waals surface area contributed by atoms with Gasteiger partial charge in [0.2, 0.25) is 0 Å². The molecule has 4 rings (SSSR count). The van der Waals surface area contributed by atoms with Crippen LogP contribution in [0.3, 0.4) is 0 Å². The van der Waals surface area contributed by atoms with Gasteiger partial charge in [0.25, 0.3) is 0 Å². The molecule has 3 heterocycles. The van der Waals surface area contributed by atoms with Gasteiger partial charge in [0.15, 0.2) is 0 Å². The largest absolute Gasteiger partial charge is 0.346 e. The second kappa shape index (κ2) is 5.14. The van der Waals surface area contributed by atoms with Gasteiger partial charge in [-0.2, -0.15) is 0 Å². The van der Waals surface area contributed by atoms with Crippen LogP contribution >= 0.6 is 23.5 Å². The third-order valence-corrected chi connectivity index (χ3v) is 5.92. The van der Waals surface area contributed by atoms with Gasteiger partial charge >= 0.3 is 0 Å². The van der Waals surface area contributed by atoms with Gasteiger partial charge in [-0.05, 0) is 29.9 Å². The van der Waals surface area contributed by atoms with Crippen LogP contribution in [0.15, 0.2) is 52.8 Å². The minimum Gasteiger partial charge on any atom is -0.346 e. The van der Waals surface area contributed by atoms with Crippen molar-refractivity contribution in [2.24, 2.45) is 0 Å². The first-order valence-corrected chi connectivity index (χ1v) is 8.45. The summed E-state index contributed by atoms with van der Waals surface area (Å²) < 4.78 is 0. The van der Waals surface area contributed by atoms with Gasteiger partial charge < -0.3 is 4.98 Å². The topological polar surface area (TPSA) is 41.6 Å². The predicted octanol–water partition coefficient (Wildman–Crippen LogP) is 4.29. The van der Waals surface area contributed by atoms with Gasteiger partial charge in [0, 0.05) is 16.3 Å². The zero-order valence-corrected chi connectivity index (χ0v) is 12.4. The molecule has 3 aromatic rings. The Labute approximate surface area is 125 Å². The summed E-state index contributed by atoms with van der Waals surface area (Å²) in [5, 5.41) is 2.68. The van der Waals surface area contributed by atoms with E-state index in [4.69, 9.17) is 0 Å². The highest BCUT2D eigenvalue weighted by molar-refractivity contribution is 8.01. The molecule has 20 heavy (non-hydrogen) atoms. The van der Waals surface area contributed by atoms with Crippen LogP contribution in [0, 0.1) is 0 Å². The molecule has 5 heteroatoms. The first-order chi connectivity index (χ1) is 9.92. The summed E-state index contributed by atoms with van der Waals surface area (Å²) in [6, 6.07) is 10.8. The van der Waals surface area contributed by atoms with Crippen LogP contribution in [-0.2, 0) is 0 Å². The Bertz CT molecular complexity index is 753. The number of hydrogen-bond acceptors (Lipinski definition) is 4. The van der Waals surface area contributed by atoms with Crippen molar-refractivity contribution < 1.29 is 0 Å². The highest BCUT2D eigenvalue weighted by atomic mass is 32.2. The van der Waals surface area contributed by atoms with Crippen molar-refractivity contribution in [2.45, 2.75) is 21.6 Å². The second-order valence-electron chi connectivity index (χ2n) is 4.70. The lowest BCUT2D eigenvalue weighted by atomic mass is 10.1. The fourth-order valence-electron chi connectivity index (χ4n) is 2.51. The third-order valence-electron chi connectivity index (χ3n) is 3.47. The van der Waals surface area contributed by atoms with E-state index >= 15 is 0 Å². The molecule has 0 aliphatic carbocycles.